The fourth-order valence-corrected chi connectivity index (χ4v) is 2.40. The van der Waals surface area contributed by atoms with Gasteiger partial charge in [-0.2, -0.15) is 5.10 Å². The summed E-state index contributed by atoms with van der Waals surface area (Å²) in [4.78, 5) is 11.2. The first-order valence-electron chi connectivity index (χ1n) is 6.43. The van der Waals surface area contributed by atoms with E-state index in [2.05, 4.69) is 5.10 Å². The molecular formula is C16H14N2O2. The maximum Gasteiger partial charge on any atom is 0.230 e. The van der Waals surface area contributed by atoms with Crippen molar-refractivity contribution in [3.8, 4) is 5.75 Å². The molecule has 2 aromatic carbocycles. The van der Waals surface area contributed by atoms with Crippen molar-refractivity contribution in [1.82, 2.24) is 5.01 Å². The maximum atomic E-state index is 11.2. The minimum absolute atomic E-state index is 0.0579. The van der Waals surface area contributed by atoms with Gasteiger partial charge in [-0.25, -0.2) is 5.01 Å². The number of aromatic hydroxyl groups is 1. The number of carbonyl (C=O) groups excluding carboxylic acids is 1. The van der Waals surface area contributed by atoms with Gasteiger partial charge < -0.3 is 5.11 Å². The number of rotatable bonds is 3. The van der Waals surface area contributed by atoms with E-state index < -0.39 is 0 Å². The molecule has 0 aliphatic carbocycles. The van der Waals surface area contributed by atoms with Crippen molar-refractivity contribution in [2.75, 3.05) is 0 Å². The van der Waals surface area contributed by atoms with Crippen LogP contribution in [-0.2, 0) is 4.79 Å². The monoisotopic (exact) mass is 266 g/mol. The van der Waals surface area contributed by atoms with Crippen molar-refractivity contribution in [2.45, 2.75) is 12.5 Å². The number of phenols is 1. The Morgan fingerprint density at radius 1 is 1.10 bits per heavy atom. The summed E-state index contributed by atoms with van der Waals surface area (Å²) in [6.45, 7) is 0. The SMILES string of the molecule is O=CN1N=C(c2ccc(O)cc2)C[C@H]1c1ccccc1. The zero-order valence-electron chi connectivity index (χ0n) is 10.8. The van der Waals surface area contributed by atoms with Crippen LogP contribution >= 0.6 is 0 Å². The van der Waals surface area contributed by atoms with Gasteiger partial charge in [-0.3, -0.25) is 4.79 Å². The molecule has 0 unspecified atom stereocenters. The van der Waals surface area contributed by atoms with Gasteiger partial charge in [0.15, 0.2) is 0 Å². The third-order valence-corrected chi connectivity index (χ3v) is 3.44. The number of phenolic OH excluding ortho intramolecular Hbond substituents is 1. The van der Waals surface area contributed by atoms with Crippen LogP contribution in [0.5, 0.6) is 5.75 Å². The predicted molar refractivity (Wildman–Crippen MR) is 76.3 cm³/mol. The number of benzene rings is 2. The highest BCUT2D eigenvalue weighted by atomic mass is 16.3. The van der Waals surface area contributed by atoms with Crippen LogP contribution in [0.1, 0.15) is 23.6 Å². The van der Waals surface area contributed by atoms with Crippen LogP contribution in [0.25, 0.3) is 0 Å². The van der Waals surface area contributed by atoms with E-state index in [-0.39, 0.29) is 11.8 Å². The topological polar surface area (TPSA) is 52.9 Å². The Hall–Kier alpha value is -2.62. The lowest BCUT2D eigenvalue weighted by Gasteiger charge is -2.16. The van der Waals surface area contributed by atoms with Gasteiger partial charge in [0, 0.05) is 6.42 Å². The first-order valence-corrected chi connectivity index (χ1v) is 6.43. The molecule has 0 bridgehead atoms. The third kappa shape index (κ3) is 2.28. The Morgan fingerprint density at radius 3 is 2.45 bits per heavy atom. The zero-order valence-corrected chi connectivity index (χ0v) is 10.8. The average Bonchev–Trinajstić information content (AvgIpc) is 2.93. The number of hydrazone groups is 1. The van der Waals surface area contributed by atoms with E-state index in [1.54, 1.807) is 12.1 Å². The highest BCUT2D eigenvalue weighted by Gasteiger charge is 2.28. The van der Waals surface area contributed by atoms with Crippen molar-refractivity contribution in [1.29, 1.82) is 0 Å². The minimum atomic E-state index is -0.0579. The molecule has 1 aliphatic heterocycles. The largest absolute Gasteiger partial charge is 0.508 e. The van der Waals surface area contributed by atoms with E-state index in [0.717, 1.165) is 23.2 Å². The Morgan fingerprint density at radius 2 is 1.80 bits per heavy atom. The summed E-state index contributed by atoms with van der Waals surface area (Å²) in [5, 5.41) is 15.1. The first kappa shape index (κ1) is 12.4. The van der Waals surface area contributed by atoms with E-state index in [9.17, 15) is 9.90 Å². The van der Waals surface area contributed by atoms with Crippen molar-refractivity contribution in [3.05, 3.63) is 65.7 Å². The smallest absolute Gasteiger partial charge is 0.230 e. The molecule has 0 saturated heterocycles. The molecule has 1 amide bonds. The third-order valence-electron chi connectivity index (χ3n) is 3.44. The van der Waals surface area contributed by atoms with Gasteiger partial charge in [0.2, 0.25) is 6.41 Å². The number of amides is 1. The molecule has 1 atom stereocenters. The predicted octanol–water partition coefficient (Wildman–Crippen LogP) is 2.70. The molecule has 4 heteroatoms. The van der Waals surface area contributed by atoms with Gasteiger partial charge in [-0.15, -0.1) is 0 Å². The summed E-state index contributed by atoms with van der Waals surface area (Å²) < 4.78 is 0. The molecule has 20 heavy (non-hydrogen) atoms. The standard InChI is InChI=1S/C16H14N2O2/c19-11-18-16(13-4-2-1-3-5-13)10-15(17-18)12-6-8-14(20)9-7-12/h1-9,11,16,20H,10H2/t16-/m0/s1. The first-order chi connectivity index (χ1) is 9.78. The number of nitrogens with zero attached hydrogens (tertiary/aromatic N) is 2. The van der Waals surface area contributed by atoms with Crippen LogP contribution in [0.15, 0.2) is 59.7 Å². The number of hydrogen-bond donors (Lipinski definition) is 1. The van der Waals surface area contributed by atoms with E-state index >= 15 is 0 Å². The summed E-state index contributed by atoms with van der Waals surface area (Å²) in [5.41, 5.74) is 2.84. The lowest BCUT2D eigenvalue weighted by atomic mass is 9.99. The minimum Gasteiger partial charge on any atom is -0.508 e. The highest BCUT2D eigenvalue weighted by molar-refractivity contribution is 6.02. The maximum absolute atomic E-state index is 11.2. The summed E-state index contributed by atoms with van der Waals surface area (Å²) in [5.74, 6) is 0.221. The molecule has 0 fully saturated rings. The second-order valence-corrected chi connectivity index (χ2v) is 4.71. The number of hydrogen-bond acceptors (Lipinski definition) is 3. The molecule has 2 aromatic rings. The van der Waals surface area contributed by atoms with Crippen molar-refractivity contribution < 1.29 is 9.90 Å². The van der Waals surface area contributed by atoms with Crippen LogP contribution in [0.4, 0.5) is 0 Å². The second-order valence-electron chi connectivity index (χ2n) is 4.71. The van der Waals surface area contributed by atoms with Crippen molar-refractivity contribution in [3.63, 3.8) is 0 Å². The summed E-state index contributed by atoms with van der Waals surface area (Å²) >= 11 is 0. The lowest BCUT2D eigenvalue weighted by molar-refractivity contribution is -0.119. The molecule has 1 N–H and O–H groups in total. The molecule has 0 aromatic heterocycles. The molecule has 0 radical (unpaired) electrons. The van der Waals surface area contributed by atoms with Crippen molar-refractivity contribution in [2.24, 2.45) is 5.10 Å². The van der Waals surface area contributed by atoms with Crippen LogP contribution < -0.4 is 0 Å². The summed E-state index contributed by atoms with van der Waals surface area (Å²) in [7, 11) is 0. The van der Waals surface area contributed by atoms with Gasteiger partial charge in [0.1, 0.15) is 5.75 Å². The molecular weight excluding hydrogens is 252 g/mol. The van der Waals surface area contributed by atoms with Gasteiger partial charge in [-0.1, -0.05) is 30.3 Å². The Kier molecular flexibility index (Phi) is 3.21. The fraction of sp³-hybridized carbons (Fsp3) is 0.125. The van der Waals surface area contributed by atoms with Crippen LogP contribution in [-0.4, -0.2) is 22.2 Å². The average molecular weight is 266 g/mol. The van der Waals surface area contributed by atoms with Crippen LogP contribution in [0.3, 0.4) is 0 Å². The molecule has 100 valence electrons. The normalized spacial score (nSPS) is 17.9. The number of carbonyl (C=O) groups is 1. The second kappa shape index (κ2) is 5.17. The molecule has 1 aliphatic rings. The Labute approximate surface area is 117 Å². The van der Waals surface area contributed by atoms with Gasteiger partial charge in [0.05, 0.1) is 11.8 Å². The zero-order chi connectivity index (χ0) is 13.9. The molecule has 0 spiro atoms. The van der Waals surface area contributed by atoms with E-state index in [1.165, 1.54) is 5.01 Å². The van der Waals surface area contributed by atoms with E-state index in [0.29, 0.717) is 6.42 Å². The van der Waals surface area contributed by atoms with Gasteiger partial charge in [-0.05, 0) is 35.4 Å². The quantitative estimate of drug-likeness (QED) is 0.868. The van der Waals surface area contributed by atoms with Gasteiger partial charge >= 0.3 is 0 Å². The molecule has 1 heterocycles. The summed E-state index contributed by atoms with van der Waals surface area (Å²) in [6.07, 6.45) is 1.43. The van der Waals surface area contributed by atoms with Crippen LogP contribution in [0, 0.1) is 0 Å². The summed E-state index contributed by atoms with van der Waals surface area (Å²) in [6, 6.07) is 16.7. The Balaban J connectivity index is 1.89. The van der Waals surface area contributed by atoms with E-state index in [4.69, 9.17) is 0 Å². The molecule has 4 nitrogen and oxygen atoms in total. The van der Waals surface area contributed by atoms with Gasteiger partial charge in [0.25, 0.3) is 0 Å². The van der Waals surface area contributed by atoms with E-state index in [1.807, 2.05) is 42.5 Å². The van der Waals surface area contributed by atoms with Crippen molar-refractivity contribution >= 4 is 12.1 Å². The van der Waals surface area contributed by atoms with Crippen LogP contribution in [0.2, 0.25) is 0 Å². The molecule has 0 saturated carbocycles. The Bertz CT molecular complexity index is 635. The lowest BCUT2D eigenvalue weighted by Crippen LogP contribution is -2.17. The fourth-order valence-electron chi connectivity index (χ4n) is 2.40. The molecule has 3 rings (SSSR count). The highest BCUT2D eigenvalue weighted by Crippen LogP contribution is 2.31.